The van der Waals surface area contributed by atoms with Crippen LogP contribution >= 0.6 is 0 Å². The molecule has 2 rings (SSSR count). The molecule has 1 amide bonds. The number of carbonyl (C=O) groups excluding carboxylic acids is 1. The number of hydrogen-bond donors (Lipinski definition) is 1. The maximum absolute atomic E-state index is 11.8. The predicted molar refractivity (Wildman–Crippen MR) is 77.4 cm³/mol. The fraction of sp³-hybridized carbons (Fsp3) is 0.214. The Morgan fingerprint density at radius 3 is 2.48 bits per heavy atom. The molecule has 0 aliphatic carbocycles. The molecule has 0 radical (unpaired) electrons. The molecular formula is C14H15N3O3S. The molecule has 0 spiro atoms. The lowest BCUT2D eigenvalue weighted by Gasteiger charge is -2.06. The number of carbonyl (C=O) groups is 1. The number of aromatic nitrogens is 2. The van der Waals surface area contributed by atoms with Gasteiger partial charge in [-0.15, -0.1) is 0 Å². The van der Waals surface area contributed by atoms with Crippen molar-refractivity contribution in [2.45, 2.75) is 18.4 Å². The van der Waals surface area contributed by atoms with Crippen LogP contribution in [-0.4, -0.2) is 30.0 Å². The zero-order valence-electron chi connectivity index (χ0n) is 11.5. The molecule has 0 saturated heterocycles. The molecule has 1 aromatic heterocycles. The van der Waals surface area contributed by atoms with Gasteiger partial charge in [0.25, 0.3) is 5.91 Å². The average molecular weight is 305 g/mol. The molecule has 1 N–H and O–H groups in total. The summed E-state index contributed by atoms with van der Waals surface area (Å²) in [5.41, 5.74) is 1.05. The van der Waals surface area contributed by atoms with Gasteiger partial charge >= 0.3 is 0 Å². The van der Waals surface area contributed by atoms with Crippen molar-refractivity contribution < 1.29 is 13.2 Å². The molecule has 0 aliphatic heterocycles. The summed E-state index contributed by atoms with van der Waals surface area (Å²) in [5, 5.41) is 2.70. The van der Waals surface area contributed by atoms with E-state index in [0.29, 0.717) is 6.54 Å². The van der Waals surface area contributed by atoms with E-state index in [0.717, 1.165) is 5.56 Å². The highest BCUT2D eigenvalue weighted by atomic mass is 32.2. The summed E-state index contributed by atoms with van der Waals surface area (Å²) < 4.78 is 23.4. The maximum atomic E-state index is 11.8. The number of benzene rings is 1. The fourth-order valence-electron chi connectivity index (χ4n) is 1.67. The highest BCUT2D eigenvalue weighted by Gasteiger charge is 2.11. The summed E-state index contributed by atoms with van der Waals surface area (Å²) in [6.07, 6.45) is 4.31. The van der Waals surface area contributed by atoms with Crippen molar-refractivity contribution in [1.29, 1.82) is 0 Å². The van der Waals surface area contributed by atoms with E-state index < -0.39 is 9.84 Å². The molecule has 0 saturated carbocycles. The maximum Gasteiger partial charge on any atom is 0.271 e. The number of nitrogens with one attached hydrogen (secondary N) is 1. The second-order valence-electron chi connectivity index (χ2n) is 4.32. The lowest BCUT2D eigenvalue weighted by Crippen LogP contribution is -2.23. The zero-order chi connectivity index (χ0) is 15.3. The lowest BCUT2D eigenvalue weighted by atomic mass is 10.2. The largest absolute Gasteiger partial charge is 0.347 e. The minimum atomic E-state index is -3.19. The first-order chi connectivity index (χ1) is 10.0. The fourth-order valence-corrected chi connectivity index (χ4v) is 2.55. The normalized spacial score (nSPS) is 11.1. The van der Waals surface area contributed by atoms with Crippen LogP contribution in [0.25, 0.3) is 0 Å². The summed E-state index contributed by atoms with van der Waals surface area (Å²) in [6.45, 7) is 1.90. The number of rotatable bonds is 5. The first kappa shape index (κ1) is 15.1. The van der Waals surface area contributed by atoms with Crippen LogP contribution in [0.1, 0.15) is 23.0 Å². The summed E-state index contributed by atoms with van der Waals surface area (Å²) in [7, 11) is -3.19. The highest BCUT2D eigenvalue weighted by Crippen LogP contribution is 2.12. The Labute approximate surface area is 123 Å². The van der Waals surface area contributed by atoms with E-state index in [1.54, 1.807) is 31.2 Å². The van der Waals surface area contributed by atoms with Crippen molar-refractivity contribution in [2.24, 2.45) is 0 Å². The second kappa shape index (κ2) is 6.45. The Bertz CT molecular complexity index is 713. The molecule has 0 aliphatic rings. The molecule has 21 heavy (non-hydrogen) atoms. The lowest BCUT2D eigenvalue weighted by molar-refractivity contribution is 0.0945. The average Bonchev–Trinajstić information content (AvgIpc) is 2.54. The monoisotopic (exact) mass is 305 g/mol. The van der Waals surface area contributed by atoms with E-state index in [1.807, 2.05) is 0 Å². The smallest absolute Gasteiger partial charge is 0.271 e. The van der Waals surface area contributed by atoms with E-state index in [-0.39, 0.29) is 22.2 Å². The number of sulfone groups is 1. The summed E-state index contributed by atoms with van der Waals surface area (Å²) in [4.78, 5) is 19.8. The van der Waals surface area contributed by atoms with Gasteiger partial charge in [-0.1, -0.05) is 19.1 Å². The van der Waals surface area contributed by atoms with Crippen LogP contribution < -0.4 is 5.32 Å². The van der Waals surface area contributed by atoms with Gasteiger partial charge in [-0.25, -0.2) is 13.4 Å². The van der Waals surface area contributed by atoms with Gasteiger partial charge in [-0.05, 0) is 17.7 Å². The van der Waals surface area contributed by atoms with Gasteiger partial charge in [0.05, 0.1) is 16.8 Å². The zero-order valence-corrected chi connectivity index (χ0v) is 12.3. The number of nitrogens with zero attached hydrogens (tertiary/aromatic N) is 2. The minimum absolute atomic E-state index is 0.0652. The molecule has 1 heterocycles. The van der Waals surface area contributed by atoms with Gasteiger partial charge in [0.1, 0.15) is 5.69 Å². The van der Waals surface area contributed by atoms with E-state index in [4.69, 9.17) is 0 Å². The summed E-state index contributed by atoms with van der Waals surface area (Å²) >= 11 is 0. The van der Waals surface area contributed by atoms with Crippen LogP contribution in [0.5, 0.6) is 0 Å². The van der Waals surface area contributed by atoms with Crippen LogP contribution in [0.2, 0.25) is 0 Å². The van der Waals surface area contributed by atoms with Crippen molar-refractivity contribution in [3.8, 4) is 0 Å². The number of hydrogen-bond acceptors (Lipinski definition) is 5. The quantitative estimate of drug-likeness (QED) is 0.896. The van der Waals surface area contributed by atoms with Gasteiger partial charge in [0, 0.05) is 18.9 Å². The third-order valence-electron chi connectivity index (χ3n) is 2.91. The molecule has 1 aromatic carbocycles. The molecule has 6 nitrogen and oxygen atoms in total. The van der Waals surface area contributed by atoms with E-state index in [1.165, 1.54) is 18.6 Å². The van der Waals surface area contributed by atoms with E-state index in [9.17, 15) is 13.2 Å². The standard InChI is InChI=1S/C14H15N3O3S/c1-2-21(19,20)12-5-3-11(4-6-12)9-17-14(18)13-10-15-7-8-16-13/h3-8,10H,2,9H2,1H3,(H,17,18). The van der Waals surface area contributed by atoms with Crippen molar-refractivity contribution in [1.82, 2.24) is 15.3 Å². The molecule has 0 fully saturated rings. The van der Waals surface area contributed by atoms with Crippen LogP contribution in [0.3, 0.4) is 0 Å². The Morgan fingerprint density at radius 2 is 1.90 bits per heavy atom. The summed E-state index contributed by atoms with van der Waals surface area (Å²) in [5.74, 6) is -0.260. The van der Waals surface area contributed by atoms with Crippen molar-refractivity contribution in [2.75, 3.05) is 5.75 Å². The minimum Gasteiger partial charge on any atom is -0.347 e. The van der Waals surface area contributed by atoms with Crippen molar-refractivity contribution in [3.63, 3.8) is 0 Å². The molecule has 2 aromatic rings. The summed E-state index contributed by atoms with van der Waals surface area (Å²) in [6, 6.07) is 6.45. The van der Waals surface area contributed by atoms with Gasteiger partial charge in [0.15, 0.2) is 9.84 Å². The molecule has 0 unspecified atom stereocenters. The third-order valence-corrected chi connectivity index (χ3v) is 4.66. The Morgan fingerprint density at radius 1 is 1.19 bits per heavy atom. The van der Waals surface area contributed by atoms with Gasteiger partial charge in [0.2, 0.25) is 0 Å². The van der Waals surface area contributed by atoms with Gasteiger partial charge in [-0.2, -0.15) is 0 Å². The van der Waals surface area contributed by atoms with Crippen LogP contribution in [0, 0.1) is 0 Å². The van der Waals surface area contributed by atoms with Crippen LogP contribution in [0.4, 0.5) is 0 Å². The van der Waals surface area contributed by atoms with Crippen LogP contribution in [-0.2, 0) is 16.4 Å². The van der Waals surface area contributed by atoms with Gasteiger partial charge in [-0.3, -0.25) is 9.78 Å². The third kappa shape index (κ3) is 3.85. The van der Waals surface area contributed by atoms with Crippen molar-refractivity contribution in [3.05, 3.63) is 54.1 Å². The molecule has 0 atom stereocenters. The Balaban J connectivity index is 2.00. The van der Waals surface area contributed by atoms with Gasteiger partial charge < -0.3 is 5.32 Å². The molecular weight excluding hydrogens is 290 g/mol. The Hall–Kier alpha value is -2.28. The highest BCUT2D eigenvalue weighted by molar-refractivity contribution is 7.91. The SMILES string of the molecule is CCS(=O)(=O)c1ccc(CNC(=O)c2cnccn2)cc1. The van der Waals surface area contributed by atoms with Crippen LogP contribution in [0.15, 0.2) is 47.8 Å². The molecule has 110 valence electrons. The Kier molecular flexibility index (Phi) is 4.64. The predicted octanol–water partition coefficient (Wildman–Crippen LogP) is 1.20. The van der Waals surface area contributed by atoms with E-state index in [2.05, 4.69) is 15.3 Å². The molecule has 7 heteroatoms. The molecule has 0 bridgehead atoms. The number of amides is 1. The first-order valence-electron chi connectivity index (χ1n) is 6.39. The first-order valence-corrected chi connectivity index (χ1v) is 8.04. The van der Waals surface area contributed by atoms with Crippen molar-refractivity contribution >= 4 is 15.7 Å². The van der Waals surface area contributed by atoms with E-state index >= 15 is 0 Å². The second-order valence-corrected chi connectivity index (χ2v) is 6.60. The topological polar surface area (TPSA) is 89.0 Å².